The van der Waals surface area contributed by atoms with Crippen LogP contribution in [0.4, 0.5) is 0 Å². The van der Waals surface area contributed by atoms with Crippen LogP contribution >= 0.6 is 0 Å². The molecule has 0 aliphatic rings. The molecule has 0 fully saturated rings. The topological polar surface area (TPSA) is 121 Å². The number of hydrogen-bond donors (Lipinski definition) is 6. The molecule has 6 atom stereocenters. The first kappa shape index (κ1) is 23.8. The van der Waals surface area contributed by atoms with E-state index in [1.807, 2.05) is 0 Å². The summed E-state index contributed by atoms with van der Waals surface area (Å²) >= 11 is 0. The number of aliphatic hydroxyl groups is 6. The van der Waals surface area contributed by atoms with Gasteiger partial charge in [-0.1, -0.05) is 52.4 Å². The molecule has 0 saturated heterocycles. The second kappa shape index (κ2) is 14.0. The Balaban J connectivity index is 3.99. The maximum Gasteiger partial charge on any atom is 0.0825 e. The first-order valence-corrected chi connectivity index (χ1v) is 9.41. The molecule has 0 radical (unpaired) electrons. The maximum atomic E-state index is 9.93. The van der Waals surface area contributed by atoms with Crippen molar-refractivity contribution < 1.29 is 30.6 Å². The number of hydrogen-bond acceptors (Lipinski definition) is 6. The minimum atomic E-state index is -1.25. The monoisotopic (exact) mass is 350 g/mol. The summed E-state index contributed by atoms with van der Waals surface area (Å²) in [7, 11) is 0. The molecule has 24 heavy (non-hydrogen) atoms. The van der Waals surface area contributed by atoms with E-state index in [0.29, 0.717) is 12.8 Å². The Morgan fingerprint density at radius 1 is 0.500 bits per heavy atom. The van der Waals surface area contributed by atoms with Crippen LogP contribution in [0.15, 0.2) is 0 Å². The van der Waals surface area contributed by atoms with Crippen molar-refractivity contribution in [3.63, 3.8) is 0 Å². The third-order valence-corrected chi connectivity index (χ3v) is 4.57. The van der Waals surface area contributed by atoms with E-state index >= 15 is 0 Å². The summed E-state index contributed by atoms with van der Waals surface area (Å²) < 4.78 is 0. The molecule has 6 N–H and O–H groups in total. The molecule has 6 nitrogen and oxygen atoms in total. The van der Waals surface area contributed by atoms with Gasteiger partial charge in [0.15, 0.2) is 0 Å². The molecular formula is C18H38O6. The fourth-order valence-electron chi connectivity index (χ4n) is 2.72. The molecule has 0 aromatic rings. The van der Waals surface area contributed by atoms with Gasteiger partial charge in [0.25, 0.3) is 0 Å². The number of unbranched alkanes of at least 4 members (excludes halogenated alkanes) is 5. The van der Waals surface area contributed by atoms with Gasteiger partial charge >= 0.3 is 0 Å². The molecule has 0 aromatic carbocycles. The Labute approximate surface area is 146 Å². The quantitative estimate of drug-likeness (QED) is 0.246. The third kappa shape index (κ3) is 10.6. The lowest BCUT2D eigenvalue weighted by Gasteiger charge is -2.26. The van der Waals surface area contributed by atoms with Crippen molar-refractivity contribution in [1.29, 1.82) is 0 Å². The van der Waals surface area contributed by atoms with E-state index in [0.717, 1.165) is 19.3 Å². The summed E-state index contributed by atoms with van der Waals surface area (Å²) in [4.78, 5) is 0. The van der Waals surface area contributed by atoms with Crippen LogP contribution in [0.5, 0.6) is 0 Å². The number of rotatable bonds is 15. The van der Waals surface area contributed by atoms with Crippen molar-refractivity contribution in [3.05, 3.63) is 0 Å². The summed E-state index contributed by atoms with van der Waals surface area (Å²) in [5.41, 5.74) is 0. The molecule has 0 rings (SSSR count). The molecule has 0 spiro atoms. The molecule has 0 saturated carbocycles. The molecule has 0 aliphatic carbocycles. The Kier molecular flexibility index (Phi) is 13.8. The average Bonchev–Trinajstić information content (AvgIpc) is 2.56. The van der Waals surface area contributed by atoms with Gasteiger partial charge in [0.05, 0.1) is 36.6 Å². The summed E-state index contributed by atoms with van der Waals surface area (Å²) in [5.74, 6) is 0. The molecule has 6 heteroatoms. The van der Waals surface area contributed by atoms with E-state index < -0.39 is 36.6 Å². The molecule has 0 bridgehead atoms. The molecule has 146 valence electrons. The van der Waals surface area contributed by atoms with E-state index in [-0.39, 0.29) is 12.8 Å². The summed E-state index contributed by atoms with van der Waals surface area (Å²) in [6, 6.07) is 0. The predicted molar refractivity (Wildman–Crippen MR) is 93.6 cm³/mol. The second-order valence-corrected chi connectivity index (χ2v) is 6.84. The van der Waals surface area contributed by atoms with Crippen molar-refractivity contribution in [1.82, 2.24) is 0 Å². The highest BCUT2D eigenvalue weighted by molar-refractivity contribution is 4.79. The first-order valence-electron chi connectivity index (χ1n) is 9.41. The van der Waals surface area contributed by atoms with Gasteiger partial charge in [-0.2, -0.15) is 0 Å². The molecule has 0 aromatic heterocycles. The SMILES string of the molecule is CCCCCCCCC(O)C(O)CC(O)C(O)CC(O)C(O)CC. The third-order valence-electron chi connectivity index (χ3n) is 4.57. The minimum Gasteiger partial charge on any atom is -0.390 e. The standard InChI is InChI=1S/C18H38O6/c1-3-5-6-7-8-9-10-14(20)16(22)12-18(24)17(23)11-15(21)13(19)4-2/h13-24H,3-12H2,1-2H3. The fourth-order valence-corrected chi connectivity index (χ4v) is 2.72. The van der Waals surface area contributed by atoms with Crippen LogP contribution in [0.3, 0.4) is 0 Å². The van der Waals surface area contributed by atoms with Gasteiger partial charge in [-0.05, 0) is 12.8 Å². The van der Waals surface area contributed by atoms with Crippen molar-refractivity contribution in [3.8, 4) is 0 Å². The van der Waals surface area contributed by atoms with Crippen molar-refractivity contribution in [2.75, 3.05) is 0 Å². The second-order valence-electron chi connectivity index (χ2n) is 6.84. The average molecular weight is 350 g/mol. The van der Waals surface area contributed by atoms with Crippen LogP contribution < -0.4 is 0 Å². The minimum absolute atomic E-state index is 0.160. The molecule has 0 amide bonds. The Morgan fingerprint density at radius 2 is 0.917 bits per heavy atom. The summed E-state index contributed by atoms with van der Waals surface area (Å²) in [6.45, 7) is 3.86. The van der Waals surface area contributed by atoms with Crippen LogP contribution in [0, 0.1) is 0 Å². The lowest BCUT2D eigenvalue weighted by Crippen LogP contribution is -2.39. The van der Waals surface area contributed by atoms with E-state index in [1.54, 1.807) is 6.92 Å². The van der Waals surface area contributed by atoms with E-state index in [9.17, 15) is 30.6 Å². The smallest absolute Gasteiger partial charge is 0.0825 e. The Bertz CT molecular complexity index is 289. The Hall–Kier alpha value is -0.240. The normalized spacial score (nSPS) is 19.5. The lowest BCUT2D eigenvalue weighted by molar-refractivity contribution is -0.0744. The molecule has 0 aliphatic heterocycles. The first-order chi connectivity index (χ1) is 11.3. The predicted octanol–water partition coefficient (Wildman–Crippen LogP) is 1.09. The zero-order valence-corrected chi connectivity index (χ0v) is 15.2. The van der Waals surface area contributed by atoms with Gasteiger partial charge in [0, 0.05) is 12.8 Å². The Morgan fingerprint density at radius 3 is 1.42 bits per heavy atom. The zero-order valence-electron chi connectivity index (χ0n) is 15.2. The van der Waals surface area contributed by atoms with Gasteiger partial charge in [-0.25, -0.2) is 0 Å². The highest BCUT2D eigenvalue weighted by Crippen LogP contribution is 2.16. The van der Waals surface area contributed by atoms with Gasteiger partial charge in [0.2, 0.25) is 0 Å². The van der Waals surface area contributed by atoms with Gasteiger partial charge in [-0.3, -0.25) is 0 Å². The van der Waals surface area contributed by atoms with Crippen molar-refractivity contribution in [2.45, 2.75) is 115 Å². The zero-order chi connectivity index (χ0) is 18.5. The van der Waals surface area contributed by atoms with Crippen LogP contribution in [-0.4, -0.2) is 67.3 Å². The van der Waals surface area contributed by atoms with Crippen LogP contribution in [-0.2, 0) is 0 Å². The van der Waals surface area contributed by atoms with Crippen molar-refractivity contribution in [2.24, 2.45) is 0 Å². The maximum absolute atomic E-state index is 9.93. The van der Waals surface area contributed by atoms with Crippen LogP contribution in [0.2, 0.25) is 0 Å². The van der Waals surface area contributed by atoms with Gasteiger partial charge in [0.1, 0.15) is 0 Å². The fraction of sp³-hybridized carbons (Fsp3) is 1.00. The van der Waals surface area contributed by atoms with Gasteiger partial charge < -0.3 is 30.6 Å². The van der Waals surface area contributed by atoms with Gasteiger partial charge in [-0.15, -0.1) is 0 Å². The van der Waals surface area contributed by atoms with Crippen LogP contribution in [0.1, 0.15) is 78.1 Å². The highest BCUT2D eigenvalue weighted by Gasteiger charge is 2.27. The lowest BCUT2D eigenvalue weighted by atomic mass is 9.95. The molecule has 0 heterocycles. The summed E-state index contributed by atoms with van der Waals surface area (Å²) in [6.07, 6.45) is 0.414. The molecule has 6 unspecified atom stereocenters. The van der Waals surface area contributed by atoms with E-state index in [2.05, 4.69) is 6.92 Å². The van der Waals surface area contributed by atoms with E-state index in [1.165, 1.54) is 19.3 Å². The van der Waals surface area contributed by atoms with Crippen molar-refractivity contribution >= 4 is 0 Å². The molecular weight excluding hydrogens is 312 g/mol. The van der Waals surface area contributed by atoms with E-state index in [4.69, 9.17) is 0 Å². The largest absolute Gasteiger partial charge is 0.390 e. The highest BCUT2D eigenvalue weighted by atomic mass is 16.3. The number of aliphatic hydroxyl groups excluding tert-OH is 6. The van der Waals surface area contributed by atoms with Crippen LogP contribution in [0.25, 0.3) is 0 Å². The summed E-state index contributed by atoms with van der Waals surface area (Å²) in [5, 5.41) is 58.7.